The second-order valence-electron chi connectivity index (χ2n) is 4.44. The van der Waals surface area contributed by atoms with Crippen molar-refractivity contribution in [3.8, 4) is 0 Å². The fourth-order valence-electron chi connectivity index (χ4n) is 1.30. The molecule has 16 heavy (non-hydrogen) atoms. The molecule has 1 saturated carbocycles. The molecule has 0 radical (unpaired) electrons. The van der Waals surface area contributed by atoms with Crippen molar-refractivity contribution in [3.05, 3.63) is 0 Å². The number of hydrogen-bond donors (Lipinski definition) is 1. The molecule has 1 unspecified atom stereocenters. The van der Waals surface area contributed by atoms with Crippen molar-refractivity contribution in [3.63, 3.8) is 0 Å². The Morgan fingerprint density at radius 1 is 1.44 bits per heavy atom. The lowest BCUT2D eigenvalue weighted by molar-refractivity contribution is 0.0911. The lowest BCUT2D eigenvalue weighted by Gasteiger charge is -2.11. The van der Waals surface area contributed by atoms with Crippen LogP contribution < -0.4 is 4.72 Å². The van der Waals surface area contributed by atoms with Gasteiger partial charge >= 0.3 is 0 Å². The number of halogens is 1. The van der Waals surface area contributed by atoms with Crippen LogP contribution in [-0.4, -0.2) is 38.8 Å². The number of hydrogen-bond acceptors (Lipinski definition) is 3. The monoisotopic (exact) mass is 269 g/mol. The molecule has 1 fully saturated rings. The molecule has 0 aromatic carbocycles. The molecule has 0 aliphatic heterocycles. The summed E-state index contributed by atoms with van der Waals surface area (Å²) < 4.78 is 30.7. The van der Waals surface area contributed by atoms with Gasteiger partial charge in [0.2, 0.25) is 10.0 Å². The Labute approximate surface area is 103 Å². The molecule has 0 heterocycles. The summed E-state index contributed by atoms with van der Waals surface area (Å²) in [6.45, 7) is 4.31. The Morgan fingerprint density at radius 3 is 2.56 bits per heavy atom. The van der Waals surface area contributed by atoms with Crippen molar-refractivity contribution in [2.24, 2.45) is 5.92 Å². The third-order valence-corrected chi connectivity index (χ3v) is 4.26. The number of alkyl halides is 1. The van der Waals surface area contributed by atoms with E-state index in [0.29, 0.717) is 12.5 Å². The van der Waals surface area contributed by atoms with Crippen molar-refractivity contribution in [1.82, 2.24) is 4.72 Å². The molecule has 0 spiro atoms. The van der Waals surface area contributed by atoms with E-state index in [4.69, 9.17) is 16.3 Å². The zero-order valence-corrected chi connectivity index (χ0v) is 11.4. The van der Waals surface area contributed by atoms with Gasteiger partial charge < -0.3 is 4.74 Å². The largest absolute Gasteiger partial charge is 0.378 e. The van der Waals surface area contributed by atoms with Crippen LogP contribution in [0.1, 0.15) is 26.7 Å². The van der Waals surface area contributed by atoms with Crippen LogP contribution in [0.3, 0.4) is 0 Å². The lowest BCUT2D eigenvalue weighted by Crippen LogP contribution is -2.34. The summed E-state index contributed by atoms with van der Waals surface area (Å²) in [5, 5.41) is -0.0687. The maximum absolute atomic E-state index is 11.5. The van der Waals surface area contributed by atoms with E-state index in [2.05, 4.69) is 4.72 Å². The van der Waals surface area contributed by atoms with E-state index < -0.39 is 10.0 Å². The highest BCUT2D eigenvalue weighted by Gasteiger charge is 2.30. The topological polar surface area (TPSA) is 55.4 Å². The highest BCUT2D eigenvalue weighted by molar-refractivity contribution is 7.89. The highest BCUT2D eigenvalue weighted by Crippen LogP contribution is 2.35. The van der Waals surface area contributed by atoms with Crippen LogP contribution in [0.2, 0.25) is 0 Å². The van der Waals surface area contributed by atoms with Gasteiger partial charge in [-0.05, 0) is 32.6 Å². The molecule has 0 bridgehead atoms. The van der Waals surface area contributed by atoms with Gasteiger partial charge in [-0.1, -0.05) is 0 Å². The van der Waals surface area contributed by atoms with Crippen molar-refractivity contribution >= 4 is 21.6 Å². The van der Waals surface area contributed by atoms with Gasteiger partial charge in [0.15, 0.2) is 0 Å². The molecular formula is C10H20ClNO3S. The minimum Gasteiger partial charge on any atom is -0.378 e. The first-order valence-electron chi connectivity index (χ1n) is 5.64. The van der Waals surface area contributed by atoms with Crippen molar-refractivity contribution < 1.29 is 13.2 Å². The molecule has 1 atom stereocenters. The van der Waals surface area contributed by atoms with E-state index in [9.17, 15) is 8.42 Å². The first-order valence-corrected chi connectivity index (χ1v) is 7.72. The van der Waals surface area contributed by atoms with Crippen molar-refractivity contribution in [1.29, 1.82) is 0 Å². The summed E-state index contributed by atoms with van der Waals surface area (Å²) >= 11 is 6.01. The maximum Gasteiger partial charge on any atom is 0.213 e. The highest BCUT2D eigenvalue weighted by atomic mass is 35.5. The second kappa shape index (κ2) is 6.19. The molecule has 1 aliphatic rings. The molecule has 4 nitrogen and oxygen atoms in total. The minimum absolute atomic E-state index is 0.000540. The molecule has 0 saturated heterocycles. The smallest absolute Gasteiger partial charge is 0.213 e. The Bertz CT molecular complexity index is 301. The van der Waals surface area contributed by atoms with Gasteiger partial charge in [0, 0.05) is 11.9 Å². The van der Waals surface area contributed by atoms with E-state index in [0.717, 1.165) is 12.8 Å². The van der Waals surface area contributed by atoms with E-state index in [1.54, 1.807) is 0 Å². The molecule has 1 N–H and O–H groups in total. The third-order valence-electron chi connectivity index (χ3n) is 2.44. The van der Waals surface area contributed by atoms with Gasteiger partial charge in [0.25, 0.3) is 0 Å². The maximum atomic E-state index is 11.5. The Balaban J connectivity index is 2.17. The van der Waals surface area contributed by atoms with Crippen LogP contribution in [-0.2, 0) is 14.8 Å². The fourth-order valence-corrected chi connectivity index (χ4v) is 2.61. The standard InChI is InChI=1S/C10H20ClNO3S/c1-8(2)15-5-6-16(13,14)12-7-10(11)9-3-4-9/h8-10,12H,3-7H2,1-2H3. The number of sulfonamides is 1. The molecule has 0 aromatic rings. The Kier molecular flexibility index (Phi) is 5.50. The lowest BCUT2D eigenvalue weighted by atomic mass is 10.3. The van der Waals surface area contributed by atoms with E-state index in [1.165, 1.54) is 0 Å². The predicted octanol–water partition coefficient (Wildman–Crippen LogP) is 1.35. The molecular weight excluding hydrogens is 250 g/mol. The van der Waals surface area contributed by atoms with E-state index in [-0.39, 0.29) is 23.8 Å². The zero-order valence-electron chi connectivity index (χ0n) is 9.78. The Morgan fingerprint density at radius 2 is 2.06 bits per heavy atom. The molecule has 1 aliphatic carbocycles. The van der Waals surface area contributed by atoms with E-state index in [1.807, 2.05) is 13.8 Å². The predicted molar refractivity (Wildman–Crippen MR) is 65.2 cm³/mol. The van der Waals surface area contributed by atoms with Gasteiger partial charge in [-0.25, -0.2) is 13.1 Å². The molecule has 0 amide bonds. The van der Waals surface area contributed by atoms with Crippen LogP contribution in [0.25, 0.3) is 0 Å². The first-order chi connectivity index (χ1) is 7.41. The Hall–Kier alpha value is 0.160. The summed E-state index contributed by atoms with van der Waals surface area (Å²) in [4.78, 5) is 0. The van der Waals surface area contributed by atoms with Gasteiger partial charge in [0.05, 0.1) is 18.5 Å². The quantitative estimate of drug-likeness (QED) is 0.677. The summed E-state index contributed by atoms with van der Waals surface area (Å²) in [7, 11) is -3.24. The molecule has 0 aromatic heterocycles. The minimum atomic E-state index is -3.24. The van der Waals surface area contributed by atoms with E-state index >= 15 is 0 Å². The van der Waals surface area contributed by atoms with Crippen molar-refractivity contribution in [2.75, 3.05) is 18.9 Å². The van der Waals surface area contributed by atoms with Gasteiger partial charge in [0.1, 0.15) is 0 Å². The summed E-state index contributed by atoms with van der Waals surface area (Å²) in [6.07, 6.45) is 2.29. The SMILES string of the molecule is CC(C)OCCS(=O)(=O)NCC(Cl)C1CC1. The average Bonchev–Trinajstić information content (AvgIpc) is 2.96. The van der Waals surface area contributed by atoms with Gasteiger partial charge in [-0.2, -0.15) is 0 Å². The third kappa shape index (κ3) is 6.03. The van der Waals surface area contributed by atoms with Crippen LogP contribution in [0.5, 0.6) is 0 Å². The first kappa shape index (κ1) is 14.2. The number of rotatable bonds is 8. The van der Waals surface area contributed by atoms with Crippen LogP contribution >= 0.6 is 11.6 Å². The molecule has 96 valence electrons. The number of nitrogens with one attached hydrogen (secondary N) is 1. The summed E-state index contributed by atoms with van der Waals surface area (Å²) in [5.41, 5.74) is 0. The zero-order chi connectivity index (χ0) is 12.2. The molecule has 1 rings (SSSR count). The number of ether oxygens (including phenoxy) is 1. The van der Waals surface area contributed by atoms with Crippen LogP contribution in [0, 0.1) is 5.92 Å². The van der Waals surface area contributed by atoms with Gasteiger partial charge in [-0.15, -0.1) is 11.6 Å². The van der Waals surface area contributed by atoms with Crippen molar-refractivity contribution in [2.45, 2.75) is 38.2 Å². The second-order valence-corrected chi connectivity index (χ2v) is 6.93. The van der Waals surface area contributed by atoms with Crippen LogP contribution in [0.15, 0.2) is 0 Å². The summed E-state index contributed by atoms with van der Waals surface area (Å²) in [5.74, 6) is 0.496. The average molecular weight is 270 g/mol. The normalized spacial score (nSPS) is 19.0. The van der Waals surface area contributed by atoms with Crippen LogP contribution in [0.4, 0.5) is 0 Å². The summed E-state index contributed by atoms with van der Waals surface area (Å²) in [6, 6.07) is 0. The molecule has 6 heteroatoms. The van der Waals surface area contributed by atoms with Gasteiger partial charge in [-0.3, -0.25) is 0 Å². The fraction of sp³-hybridized carbons (Fsp3) is 1.00.